The Morgan fingerprint density at radius 1 is 0.685 bits per heavy atom. The summed E-state index contributed by atoms with van der Waals surface area (Å²) in [5.74, 6) is -8.14. The first kappa shape index (κ1) is 49.9. The molecule has 316 valence electrons. The third-order valence-electron chi connectivity index (χ3n) is 12.0. The predicted molar refractivity (Wildman–Crippen MR) is 202 cm³/mol. The average Bonchev–Trinajstić information content (AvgIpc) is 3.53. The van der Waals surface area contributed by atoms with Gasteiger partial charge in [-0.3, -0.25) is 19.2 Å². The highest BCUT2D eigenvalue weighted by atomic mass is 19.3. The van der Waals surface area contributed by atoms with Crippen molar-refractivity contribution in [1.29, 1.82) is 0 Å². The minimum Gasteiger partial charge on any atom is -0.481 e. The molecule has 0 aromatic heterocycles. The number of carbonyl (C=O) groups is 4. The maximum absolute atomic E-state index is 14.0. The van der Waals surface area contributed by atoms with E-state index >= 15 is 0 Å². The van der Waals surface area contributed by atoms with E-state index in [1.54, 1.807) is 0 Å². The Bertz CT molecular complexity index is 1100. The van der Waals surface area contributed by atoms with E-state index in [1.807, 2.05) is 20.8 Å². The van der Waals surface area contributed by atoms with Crippen molar-refractivity contribution in [2.75, 3.05) is 0 Å². The van der Waals surface area contributed by atoms with Gasteiger partial charge in [0.1, 0.15) is 11.9 Å². The summed E-state index contributed by atoms with van der Waals surface area (Å²) in [5.41, 5.74) is 0. The van der Waals surface area contributed by atoms with Gasteiger partial charge >= 0.3 is 17.9 Å². The highest BCUT2D eigenvalue weighted by Gasteiger charge is 2.43. The number of carboxylic acid groups (broad SMARTS) is 2. The Morgan fingerprint density at radius 3 is 1.78 bits per heavy atom. The Labute approximate surface area is 321 Å². The second-order valence-electron chi connectivity index (χ2n) is 16.4. The van der Waals surface area contributed by atoms with Crippen LogP contribution in [0, 0.1) is 35.5 Å². The van der Waals surface area contributed by atoms with Crippen molar-refractivity contribution < 1.29 is 57.2 Å². The molecule has 2 aliphatic rings. The molecule has 2 saturated carbocycles. The van der Waals surface area contributed by atoms with E-state index in [9.17, 15) is 47.0 Å². The molecular formula is C42H72F4O8. The number of carbonyl (C=O) groups excluding carboxylic acids is 2. The number of Topliss-reactive ketones (excluding diaryl/α,β-unsaturated/α-hetero) is 2. The van der Waals surface area contributed by atoms with Gasteiger partial charge in [0.05, 0.1) is 6.10 Å². The van der Waals surface area contributed by atoms with Crippen LogP contribution in [0.15, 0.2) is 0 Å². The molecule has 2 fully saturated rings. The van der Waals surface area contributed by atoms with Crippen LogP contribution in [0.5, 0.6) is 0 Å². The van der Waals surface area contributed by atoms with E-state index < -0.39 is 41.8 Å². The van der Waals surface area contributed by atoms with Gasteiger partial charge in [0.2, 0.25) is 5.78 Å². The summed E-state index contributed by atoms with van der Waals surface area (Å²) >= 11 is 0. The molecule has 0 aliphatic heterocycles. The Kier molecular flexibility index (Phi) is 24.0. The number of aliphatic carboxylic acids is 2. The molecule has 1 unspecified atom stereocenters. The van der Waals surface area contributed by atoms with E-state index in [4.69, 9.17) is 10.2 Å². The monoisotopic (exact) mass is 781 g/mol. The Balaban J connectivity index is 0.000000540. The Morgan fingerprint density at radius 2 is 1.22 bits per heavy atom. The van der Waals surface area contributed by atoms with E-state index in [2.05, 4.69) is 6.92 Å². The van der Waals surface area contributed by atoms with Gasteiger partial charge in [-0.15, -0.1) is 0 Å². The molecule has 0 aromatic carbocycles. The zero-order chi connectivity index (χ0) is 40.9. The third-order valence-corrected chi connectivity index (χ3v) is 12.0. The minimum absolute atomic E-state index is 0.00226. The second kappa shape index (κ2) is 26.0. The molecule has 2 aliphatic carbocycles. The van der Waals surface area contributed by atoms with E-state index in [-0.39, 0.29) is 79.8 Å². The van der Waals surface area contributed by atoms with Crippen LogP contribution in [0.2, 0.25) is 0 Å². The molecule has 4 N–H and O–H groups in total. The van der Waals surface area contributed by atoms with Gasteiger partial charge in [0.15, 0.2) is 0 Å². The lowest BCUT2D eigenvalue weighted by Gasteiger charge is -2.28. The van der Waals surface area contributed by atoms with Crippen molar-refractivity contribution >= 4 is 23.5 Å². The summed E-state index contributed by atoms with van der Waals surface area (Å²) in [6.07, 6.45) is 9.77. The van der Waals surface area contributed by atoms with E-state index in [0.717, 1.165) is 44.9 Å². The predicted octanol–water partition coefficient (Wildman–Crippen LogP) is 10.4. The number of unbranched alkanes of at least 4 members (excludes halogenated alkanes) is 8. The highest BCUT2D eigenvalue weighted by Crippen LogP contribution is 2.44. The molecule has 54 heavy (non-hydrogen) atoms. The quantitative estimate of drug-likeness (QED) is 0.0453. The van der Waals surface area contributed by atoms with Crippen LogP contribution >= 0.6 is 0 Å². The fourth-order valence-corrected chi connectivity index (χ4v) is 8.62. The number of aliphatic hydroxyl groups is 2. The van der Waals surface area contributed by atoms with Crippen LogP contribution in [-0.2, 0) is 19.2 Å². The smallest absolute Gasteiger partial charge is 0.305 e. The number of halogens is 4. The van der Waals surface area contributed by atoms with Crippen molar-refractivity contribution in [3.8, 4) is 0 Å². The van der Waals surface area contributed by atoms with Gasteiger partial charge in [0.25, 0.3) is 5.92 Å². The topological polar surface area (TPSA) is 149 Å². The number of hydrogen-bond acceptors (Lipinski definition) is 6. The van der Waals surface area contributed by atoms with Crippen molar-refractivity contribution in [3.05, 3.63) is 0 Å². The zero-order valence-electron chi connectivity index (χ0n) is 33.5. The third kappa shape index (κ3) is 18.7. The first-order valence-electron chi connectivity index (χ1n) is 21.0. The molecule has 8 nitrogen and oxygen atoms in total. The number of ketones is 2. The average molecular weight is 781 g/mol. The summed E-state index contributed by atoms with van der Waals surface area (Å²) in [6, 6.07) is 0. The van der Waals surface area contributed by atoms with Crippen molar-refractivity contribution in [2.24, 2.45) is 35.5 Å². The molecule has 0 amide bonds. The molecule has 2 rings (SSSR count). The van der Waals surface area contributed by atoms with Gasteiger partial charge in [-0.2, -0.15) is 8.78 Å². The molecule has 0 aromatic rings. The summed E-state index contributed by atoms with van der Waals surface area (Å²) in [6.45, 7) is 7.70. The summed E-state index contributed by atoms with van der Waals surface area (Å²) in [4.78, 5) is 45.2. The van der Waals surface area contributed by atoms with Crippen LogP contribution in [-0.4, -0.2) is 68.0 Å². The lowest BCUT2D eigenvalue weighted by atomic mass is 9.81. The summed E-state index contributed by atoms with van der Waals surface area (Å²) in [5, 5.41) is 37.6. The molecule has 0 heterocycles. The van der Waals surface area contributed by atoms with Gasteiger partial charge in [-0.05, 0) is 93.8 Å². The van der Waals surface area contributed by atoms with E-state index in [1.165, 1.54) is 0 Å². The molecule has 0 spiro atoms. The van der Waals surface area contributed by atoms with Crippen LogP contribution in [0.4, 0.5) is 17.6 Å². The highest BCUT2D eigenvalue weighted by molar-refractivity contribution is 5.86. The van der Waals surface area contributed by atoms with Crippen molar-refractivity contribution in [3.63, 3.8) is 0 Å². The van der Waals surface area contributed by atoms with E-state index in [0.29, 0.717) is 70.6 Å². The van der Waals surface area contributed by atoms with Gasteiger partial charge in [-0.1, -0.05) is 79.1 Å². The first-order chi connectivity index (χ1) is 25.4. The standard InChI is InChI=1S/C21H38F2O4.C21H34F2O4/c2*1-3-4-13-21(22,23)19(25)12-11-16-15(2)14-18(24)17(16)9-7-5-6-8-10-20(26)27/h15-19,24-25H,3-14H2,1-2H3,(H,26,27);15-17H,3-14H2,1-2H3,(H,26,27)/t15-,16+,17-,18+,19?;15-,16+,17-/m11/s1. The summed E-state index contributed by atoms with van der Waals surface area (Å²) in [7, 11) is 0. The Hall–Kier alpha value is -2.08. The molecule has 0 bridgehead atoms. The van der Waals surface area contributed by atoms with Gasteiger partial charge in [0, 0.05) is 44.4 Å². The largest absolute Gasteiger partial charge is 0.481 e. The van der Waals surface area contributed by atoms with Crippen molar-refractivity contribution in [2.45, 2.75) is 206 Å². The van der Waals surface area contributed by atoms with Crippen LogP contribution < -0.4 is 0 Å². The summed E-state index contributed by atoms with van der Waals surface area (Å²) < 4.78 is 55.7. The van der Waals surface area contributed by atoms with Crippen LogP contribution in [0.3, 0.4) is 0 Å². The number of hydrogen-bond donors (Lipinski definition) is 4. The lowest BCUT2D eigenvalue weighted by molar-refractivity contribution is -0.144. The minimum atomic E-state index is -3.25. The first-order valence-corrected chi connectivity index (χ1v) is 21.0. The molecule has 0 saturated heterocycles. The fraction of sp³-hybridized carbons (Fsp3) is 0.905. The number of alkyl halides is 4. The van der Waals surface area contributed by atoms with Crippen LogP contribution in [0.1, 0.15) is 182 Å². The SMILES string of the molecule is CCCCC(F)(F)C(=O)CC[C@H]1[C@H](C)CC(=O)[C@@H]1CCCCCCC(=O)O.CCCCC(F)(F)C(O)CC[C@@H]1[C@@H](CCCCCCC(=O)O)[C@@H](O)C[C@H]1C. The van der Waals surface area contributed by atoms with Crippen molar-refractivity contribution in [1.82, 2.24) is 0 Å². The molecular weight excluding hydrogens is 708 g/mol. The molecule has 8 atom stereocenters. The fourth-order valence-electron chi connectivity index (χ4n) is 8.62. The van der Waals surface area contributed by atoms with Gasteiger partial charge < -0.3 is 20.4 Å². The molecule has 12 heteroatoms. The van der Waals surface area contributed by atoms with Gasteiger partial charge in [-0.25, -0.2) is 8.78 Å². The maximum atomic E-state index is 14.0. The van der Waals surface area contributed by atoms with Crippen LogP contribution in [0.25, 0.3) is 0 Å². The maximum Gasteiger partial charge on any atom is 0.305 e. The number of aliphatic hydroxyl groups excluding tert-OH is 2. The normalized spacial score (nSPS) is 25.0. The lowest BCUT2D eigenvalue weighted by Crippen LogP contribution is -2.34. The molecule has 0 radical (unpaired) electrons. The number of carboxylic acids is 2. The zero-order valence-corrected chi connectivity index (χ0v) is 33.5. The second-order valence-corrected chi connectivity index (χ2v) is 16.4. The number of rotatable bonds is 28.